The third kappa shape index (κ3) is 2.49. The standard InChI is InChI=1S/C18H21NO/c20-13-7-1-6-12-19-18-16-10-4-2-8-14(16)15-9-3-5-11-17(15)18/h2-5,8-11,18-20H,1,6-7,12-13H2. The van der Waals surface area contributed by atoms with Gasteiger partial charge in [-0.05, 0) is 48.1 Å². The molecule has 1 aliphatic carbocycles. The van der Waals surface area contributed by atoms with Gasteiger partial charge in [-0.3, -0.25) is 0 Å². The van der Waals surface area contributed by atoms with Gasteiger partial charge < -0.3 is 10.4 Å². The van der Waals surface area contributed by atoms with Crippen LogP contribution in [0, 0.1) is 0 Å². The largest absolute Gasteiger partial charge is 0.396 e. The molecule has 2 aromatic carbocycles. The predicted molar refractivity (Wildman–Crippen MR) is 82.7 cm³/mol. The Balaban J connectivity index is 1.77. The van der Waals surface area contributed by atoms with Gasteiger partial charge in [0, 0.05) is 6.61 Å². The van der Waals surface area contributed by atoms with Crippen molar-refractivity contribution in [3.8, 4) is 11.1 Å². The highest BCUT2D eigenvalue weighted by Crippen LogP contribution is 2.42. The molecule has 0 atom stereocenters. The van der Waals surface area contributed by atoms with Crippen LogP contribution in [-0.2, 0) is 0 Å². The Bertz CT molecular complexity index is 534. The van der Waals surface area contributed by atoms with Crippen molar-refractivity contribution < 1.29 is 5.11 Å². The zero-order chi connectivity index (χ0) is 13.8. The van der Waals surface area contributed by atoms with Crippen LogP contribution in [0.5, 0.6) is 0 Å². The molecule has 2 heteroatoms. The van der Waals surface area contributed by atoms with E-state index in [1.54, 1.807) is 0 Å². The molecule has 0 radical (unpaired) electrons. The molecule has 0 aromatic heterocycles. The van der Waals surface area contributed by atoms with Gasteiger partial charge in [0.1, 0.15) is 0 Å². The van der Waals surface area contributed by atoms with E-state index in [4.69, 9.17) is 5.11 Å². The Labute approximate surface area is 120 Å². The molecule has 2 nitrogen and oxygen atoms in total. The van der Waals surface area contributed by atoms with Crippen LogP contribution in [0.2, 0.25) is 0 Å². The summed E-state index contributed by atoms with van der Waals surface area (Å²) in [5.41, 5.74) is 5.48. The van der Waals surface area contributed by atoms with Crippen molar-refractivity contribution in [3.63, 3.8) is 0 Å². The van der Waals surface area contributed by atoms with Crippen LogP contribution < -0.4 is 5.32 Å². The summed E-state index contributed by atoms with van der Waals surface area (Å²) in [6, 6.07) is 17.6. The van der Waals surface area contributed by atoms with Crippen molar-refractivity contribution in [2.75, 3.05) is 13.2 Å². The van der Waals surface area contributed by atoms with E-state index in [0.717, 1.165) is 25.8 Å². The summed E-state index contributed by atoms with van der Waals surface area (Å²) in [6.07, 6.45) is 3.10. The second-order valence-electron chi connectivity index (χ2n) is 5.35. The van der Waals surface area contributed by atoms with Crippen LogP contribution in [0.4, 0.5) is 0 Å². The molecule has 0 saturated carbocycles. The molecule has 0 amide bonds. The highest BCUT2D eigenvalue weighted by atomic mass is 16.2. The zero-order valence-electron chi connectivity index (χ0n) is 11.7. The van der Waals surface area contributed by atoms with E-state index in [1.165, 1.54) is 22.3 Å². The third-order valence-electron chi connectivity index (χ3n) is 4.02. The topological polar surface area (TPSA) is 32.3 Å². The monoisotopic (exact) mass is 267 g/mol. The maximum atomic E-state index is 8.82. The van der Waals surface area contributed by atoms with E-state index in [9.17, 15) is 0 Å². The average molecular weight is 267 g/mol. The van der Waals surface area contributed by atoms with Gasteiger partial charge in [-0.2, -0.15) is 0 Å². The lowest BCUT2D eigenvalue weighted by molar-refractivity contribution is 0.282. The van der Waals surface area contributed by atoms with E-state index in [-0.39, 0.29) is 0 Å². The molecule has 0 aliphatic heterocycles. The molecular formula is C18H21NO. The Morgan fingerprint density at radius 3 is 2.00 bits per heavy atom. The molecule has 104 valence electrons. The molecule has 2 N–H and O–H groups in total. The maximum absolute atomic E-state index is 8.82. The fraction of sp³-hybridized carbons (Fsp3) is 0.333. The molecule has 0 bridgehead atoms. The number of aliphatic hydroxyl groups excluding tert-OH is 1. The van der Waals surface area contributed by atoms with Crippen LogP contribution in [-0.4, -0.2) is 18.3 Å². The van der Waals surface area contributed by atoms with Crippen LogP contribution in [0.3, 0.4) is 0 Å². The summed E-state index contributed by atoms with van der Waals surface area (Å²) in [4.78, 5) is 0. The minimum atomic E-state index is 0.301. The molecule has 0 heterocycles. The van der Waals surface area contributed by atoms with E-state index in [0.29, 0.717) is 12.6 Å². The average Bonchev–Trinajstić information content (AvgIpc) is 2.82. The fourth-order valence-corrected chi connectivity index (χ4v) is 3.04. The Morgan fingerprint density at radius 2 is 1.40 bits per heavy atom. The number of nitrogens with one attached hydrogen (secondary N) is 1. The van der Waals surface area contributed by atoms with Crippen molar-refractivity contribution in [2.24, 2.45) is 0 Å². The van der Waals surface area contributed by atoms with Crippen molar-refractivity contribution in [2.45, 2.75) is 25.3 Å². The van der Waals surface area contributed by atoms with Gasteiger partial charge in [0.05, 0.1) is 6.04 Å². The second kappa shape index (κ2) is 6.21. The highest BCUT2D eigenvalue weighted by Gasteiger charge is 2.26. The SMILES string of the molecule is OCCCCCNC1c2ccccc2-c2ccccc21. The third-order valence-corrected chi connectivity index (χ3v) is 4.02. The van der Waals surface area contributed by atoms with Crippen LogP contribution in [0.1, 0.15) is 36.4 Å². The second-order valence-corrected chi connectivity index (χ2v) is 5.35. The number of rotatable bonds is 6. The zero-order valence-corrected chi connectivity index (χ0v) is 11.7. The molecule has 0 unspecified atom stereocenters. The summed E-state index contributed by atoms with van der Waals surface area (Å²) in [7, 11) is 0. The predicted octanol–water partition coefficient (Wildman–Crippen LogP) is 3.51. The molecular weight excluding hydrogens is 246 g/mol. The van der Waals surface area contributed by atoms with Crippen LogP contribution >= 0.6 is 0 Å². The van der Waals surface area contributed by atoms with Crippen molar-refractivity contribution in [1.29, 1.82) is 0 Å². The van der Waals surface area contributed by atoms with Crippen LogP contribution in [0.25, 0.3) is 11.1 Å². The first-order valence-corrected chi connectivity index (χ1v) is 7.44. The van der Waals surface area contributed by atoms with Crippen molar-refractivity contribution in [1.82, 2.24) is 5.32 Å². The first kappa shape index (κ1) is 13.3. The van der Waals surface area contributed by atoms with E-state index in [1.807, 2.05) is 0 Å². The number of fused-ring (bicyclic) bond motifs is 3. The molecule has 0 fully saturated rings. The van der Waals surface area contributed by atoms with E-state index in [2.05, 4.69) is 53.8 Å². The Morgan fingerprint density at radius 1 is 0.800 bits per heavy atom. The minimum Gasteiger partial charge on any atom is -0.396 e. The first-order valence-electron chi connectivity index (χ1n) is 7.44. The quantitative estimate of drug-likeness (QED) is 0.785. The Kier molecular flexibility index (Phi) is 4.14. The molecule has 0 spiro atoms. The summed E-state index contributed by atoms with van der Waals surface area (Å²) >= 11 is 0. The molecule has 1 aliphatic rings. The number of benzene rings is 2. The number of hydrogen-bond donors (Lipinski definition) is 2. The minimum absolute atomic E-state index is 0.301. The van der Waals surface area contributed by atoms with E-state index < -0.39 is 0 Å². The molecule has 3 rings (SSSR count). The van der Waals surface area contributed by atoms with Crippen molar-refractivity contribution in [3.05, 3.63) is 59.7 Å². The lowest BCUT2D eigenvalue weighted by atomic mass is 10.1. The van der Waals surface area contributed by atoms with Gasteiger partial charge in [0.25, 0.3) is 0 Å². The van der Waals surface area contributed by atoms with Crippen LogP contribution in [0.15, 0.2) is 48.5 Å². The lowest BCUT2D eigenvalue weighted by Crippen LogP contribution is -2.21. The first-order chi connectivity index (χ1) is 9.92. The Hall–Kier alpha value is -1.64. The summed E-state index contributed by atoms with van der Waals surface area (Å²) in [5, 5.41) is 12.5. The normalized spacial score (nSPS) is 13.2. The molecule has 0 saturated heterocycles. The van der Waals surface area contributed by atoms with Gasteiger partial charge in [-0.15, -0.1) is 0 Å². The summed E-state index contributed by atoms with van der Waals surface area (Å²) < 4.78 is 0. The smallest absolute Gasteiger partial charge is 0.0588 e. The van der Waals surface area contributed by atoms with Gasteiger partial charge in [0.2, 0.25) is 0 Å². The maximum Gasteiger partial charge on any atom is 0.0588 e. The summed E-state index contributed by atoms with van der Waals surface area (Å²) in [6.45, 7) is 1.29. The number of aliphatic hydroxyl groups is 1. The van der Waals surface area contributed by atoms with Gasteiger partial charge in [-0.25, -0.2) is 0 Å². The van der Waals surface area contributed by atoms with Gasteiger partial charge in [0.15, 0.2) is 0 Å². The fourth-order valence-electron chi connectivity index (χ4n) is 3.04. The number of unbranched alkanes of at least 4 members (excludes halogenated alkanes) is 2. The van der Waals surface area contributed by atoms with Gasteiger partial charge in [-0.1, -0.05) is 48.5 Å². The van der Waals surface area contributed by atoms with Gasteiger partial charge >= 0.3 is 0 Å². The summed E-state index contributed by atoms with van der Waals surface area (Å²) in [5.74, 6) is 0. The van der Waals surface area contributed by atoms with Crippen molar-refractivity contribution >= 4 is 0 Å². The lowest BCUT2D eigenvalue weighted by Gasteiger charge is -2.15. The molecule has 20 heavy (non-hydrogen) atoms. The highest BCUT2D eigenvalue weighted by molar-refractivity contribution is 5.78. The molecule has 2 aromatic rings. The van der Waals surface area contributed by atoms with E-state index >= 15 is 0 Å². The number of hydrogen-bond acceptors (Lipinski definition) is 2.